The Morgan fingerprint density at radius 2 is 2.05 bits per heavy atom. The summed E-state index contributed by atoms with van der Waals surface area (Å²) in [6.07, 6.45) is -0.822. The van der Waals surface area contributed by atoms with Crippen molar-refractivity contribution in [3.8, 4) is 11.5 Å². The van der Waals surface area contributed by atoms with Crippen LogP contribution in [0.15, 0.2) is 40.9 Å². The van der Waals surface area contributed by atoms with Crippen molar-refractivity contribution in [2.24, 2.45) is 0 Å². The molecule has 100 valence electrons. The first-order chi connectivity index (χ1) is 8.99. The van der Waals surface area contributed by atoms with E-state index in [1.54, 1.807) is 31.2 Å². The molecule has 5 heteroatoms. The first-order valence-corrected chi connectivity index (χ1v) is 6.75. The van der Waals surface area contributed by atoms with Crippen LogP contribution in [0.4, 0.5) is 4.39 Å². The third-order valence-electron chi connectivity index (χ3n) is 2.55. The van der Waals surface area contributed by atoms with E-state index in [2.05, 4.69) is 15.9 Å². The number of aliphatic hydroxyl groups excluding tert-OH is 1. The fourth-order valence-corrected chi connectivity index (χ4v) is 2.39. The van der Waals surface area contributed by atoms with Crippen molar-refractivity contribution in [1.82, 2.24) is 0 Å². The molecule has 0 bridgehead atoms. The van der Waals surface area contributed by atoms with Gasteiger partial charge in [0.25, 0.3) is 0 Å². The molecule has 0 radical (unpaired) electrons. The summed E-state index contributed by atoms with van der Waals surface area (Å²) in [5.41, 5.74) is 0.391. The molecule has 0 aromatic heterocycles. The molecule has 2 aromatic rings. The van der Waals surface area contributed by atoms with Crippen molar-refractivity contribution in [2.75, 3.05) is 0 Å². The van der Waals surface area contributed by atoms with Crippen molar-refractivity contribution >= 4 is 27.5 Å². The van der Waals surface area contributed by atoms with Crippen LogP contribution in [0.25, 0.3) is 0 Å². The molecular weight excluding hydrogens is 335 g/mol. The number of benzene rings is 2. The maximum atomic E-state index is 13.8. The van der Waals surface area contributed by atoms with E-state index in [4.69, 9.17) is 16.3 Å². The summed E-state index contributed by atoms with van der Waals surface area (Å²) >= 11 is 9.13. The Labute approximate surface area is 123 Å². The molecule has 0 spiro atoms. The molecule has 2 aromatic carbocycles. The number of hydrogen-bond acceptors (Lipinski definition) is 2. The number of halogens is 3. The highest BCUT2D eigenvalue weighted by Crippen LogP contribution is 2.36. The van der Waals surface area contributed by atoms with Gasteiger partial charge >= 0.3 is 0 Å². The molecule has 0 heterocycles. The zero-order chi connectivity index (χ0) is 14.0. The van der Waals surface area contributed by atoms with Crippen LogP contribution in [0.1, 0.15) is 18.6 Å². The molecule has 0 aliphatic carbocycles. The van der Waals surface area contributed by atoms with Gasteiger partial charge in [-0.15, -0.1) is 0 Å². The van der Waals surface area contributed by atoms with Crippen molar-refractivity contribution in [2.45, 2.75) is 13.0 Å². The van der Waals surface area contributed by atoms with E-state index in [0.717, 1.165) is 0 Å². The topological polar surface area (TPSA) is 29.5 Å². The molecule has 0 fully saturated rings. The summed E-state index contributed by atoms with van der Waals surface area (Å²) in [6, 6.07) is 9.36. The maximum Gasteiger partial charge on any atom is 0.168 e. The van der Waals surface area contributed by atoms with E-state index in [-0.39, 0.29) is 5.75 Å². The fraction of sp³-hybridized carbons (Fsp3) is 0.143. The van der Waals surface area contributed by atoms with Gasteiger partial charge in [0.15, 0.2) is 11.6 Å². The second-order valence-electron chi connectivity index (χ2n) is 4.01. The van der Waals surface area contributed by atoms with Crippen LogP contribution in [-0.2, 0) is 0 Å². The number of rotatable bonds is 3. The van der Waals surface area contributed by atoms with Crippen molar-refractivity contribution < 1.29 is 14.2 Å². The Bertz CT molecular complexity index is 602. The predicted octanol–water partition coefficient (Wildman–Crippen LogP) is 5.09. The van der Waals surface area contributed by atoms with Crippen molar-refractivity contribution in [3.63, 3.8) is 0 Å². The first-order valence-electron chi connectivity index (χ1n) is 5.58. The lowest BCUT2D eigenvalue weighted by Crippen LogP contribution is -1.99. The molecule has 0 amide bonds. The van der Waals surface area contributed by atoms with Gasteiger partial charge in [-0.25, -0.2) is 4.39 Å². The Hall–Kier alpha value is -1.10. The van der Waals surface area contributed by atoms with E-state index >= 15 is 0 Å². The summed E-state index contributed by atoms with van der Waals surface area (Å²) in [5.74, 6) is -0.0860. The lowest BCUT2D eigenvalue weighted by atomic mass is 10.1. The molecule has 0 aliphatic rings. The fourth-order valence-electron chi connectivity index (χ4n) is 1.63. The zero-order valence-corrected chi connectivity index (χ0v) is 12.4. The highest BCUT2D eigenvalue weighted by atomic mass is 79.9. The van der Waals surface area contributed by atoms with Crippen molar-refractivity contribution in [1.29, 1.82) is 0 Å². The lowest BCUT2D eigenvalue weighted by molar-refractivity contribution is 0.194. The molecule has 19 heavy (non-hydrogen) atoms. The van der Waals surface area contributed by atoms with Gasteiger partial charge in [0.05, 0.1) is 10.6 Å². The molecule has 1 atom stereocenters. The van der Waals surface area contributed by atoms with Crippen LogP contribution in [0.3, 0.4) is 0 Å². The van der Waals surface area contributed by atoms with Gasteiger partial charge in [0, 0.05) is 10.6 Å². The molecule has 0 saturated heterocycles. The van der Waals surface area contributed by atoms with Gasteiger partial charge < -0.3 is 9.84 Å². The Morgan fingerprint density at radius 1 is 1.32 bits per heavy atom. The minimum absolute atomic E-state index is 0.0144. The van der Waals surface area contributed by atoms with E-state index in [9.17, 15) is 9.50 Å². The van der Waals surface area contributed by atoms with Crippen LogP contribution < -0.4 is 4.74 Å². The highest BCUT2D eigenvalue weighted by molar-refractivity contribution is 9.10. The largest absolute Gasteiger partial charge is 0.453 e. The summed E-state index contributed by atoms with van der Waals surface area (Å²) < 4.78 is 20.0. The van der Waals surface area contributed by atoms with Gasteiger partial charge in [-0.2, -0.15) is 0 Å². The molecule has 2 rings (SSSR count). The van der Waals surface area contributed by atoms with Crippen LogP contribution in [0, 0.1) is 5.82 Å². The number of para-hydroxylation sites is 1. The maximum absolute atomic E-state index is 13.8. The minimum Gasteiger partial charge on any atom is -0.453 e. The predicted molar refractivity (Wildman–Crippen MR) is 76.3 cm³/mol. The zero-order valence-electron chi connectivity index (χ0n) is 10.0. The smallest absolute Gasteiger partial charge is 0.168 e. The van der Waals surface area contributed by atoms with E-state index < -0.39 is 11.9 Å². The SMILES string of the molecule is CC(O)c1cccc(F)c1Oc1ccc(Cl)cc1Br. The van der Waals surface area contributed by atoms with Gasteiger partial charge in [-0.05, 0) is 47.1 Å². The molecule has 1 N–H and O–H groups in total. The van der Waals surface area contributed by atoms with E-state index in [1.165, 1.54) is 12.1 Å². The number of hydrogen-bond donors (Lipinski definition) is 1. The number of ether oxygens (including phenoxy) is 1. The third kappa shape index (κ3) is 3.26. The van der Waals surface area contributed by atoms with Gasteiger partial charge in [-0.1, -0.05) is 23.7 Å². The molecular formula is C14H11BrClFO2. The van der Waals surface area contributed by atoms with Gasteiger partial charge in [0.1, 0.15) is 5.75 Å². The Balaban J connectivity index is 2.43. The second kappa shape index (κ2) is 5.90. The Kier molecular flexibility index (Phi) is 4.45. The van der Waals surface area contributed by atoms with Crippen LogP contribution >= 0.6 is 27.5 Å². The minimum atomic E-state index is -0.822. The van der Waals surface area contributed by atoms with E-state index in [1.807, 2.05) is 0 Å². The lowest BCUT2D eigenvalue weighted by Gasteiger charge is -2.14. The van der Waals surface area contributed by atoms with E-state index in [0.29, 0.717) is 20.8 Å². The molecule has 1 unspecified atom stereocenters. The number of aliphatic hydroxyl groups is 1. The summed E-state index contributed by atoms with van der Waals surface area (Å²) in [4.78, 5) is 0. The third-order valence-corrected chi connectivity index (χ3v) is 3.41. The second-order valence-corrected chi connectivity index (χ2v) is 5.30. The quantitative estimate of drug-likeness (QED) is 0.840. The average Bonchev–Trinajstić information content (AvgIpc) is 2.34. The van der Waals surface area contributed by atoms with Crippen LogP contribution in [0.5, 0.6) is 11.5 Å². The normalized spacial score (nSPS) is 12.3. The van der Waals surface area contributed by atoms with Crippen molar-refractivity contribution in [3.05, 3.63) is 57.3 Å². The average molecular weight is 346 g/mol. The monoisotopic (exact) mass is 344 g/mol. The van der Waals surface area contributed by atoms with Gasteiger partial charge in [-0.3, -0.25) is 0 Å². The van der Waals surface area contributed by atoms with Gasteiger partial charge in [0.2, 0.25) is 0 Å². The molecule has 2 nitrogen and oxygen atoms in total. The first kappa shape index (κ1) is 14.3. The Morgan fingerprint density at radius 3 is 2.68 bits per heavy atom. The summed E-state index contributed by atoms with van der Waals surface area (Å²) in [6.45, 7) is 1.55. The molecule has 0 aliphatic heterocycles. The summed E-state index contributed by atoms with van der Waals surface area (Å²) in [7, 11) is 0. The van der Waals surface area contributed by atoms with Crippen LogP contribution in [0.2, 0.25) is 5.02 Å². The van der Waals surface area contributed by atoms with Crippen LogP contribution in [-0.4, -0.2) is 5.11 Å². The molecule has 0 saturated carbocycles. The standard InChI is InChI=1S/C14H11BrClFO2/c1-8(18)10-3-2-4-12(17)14(10)19-13-6-5-9(16)7-11(13)15/h2-8,18H,1H3. The highest BCUT2D eigenvalue weighted by Gasteiger charge is 2.15. The summed E-state index contributed by atoms with van der Waals surface area (Å²) in [5, 5.41) is 10.2.